The number of rotatable bonds is 8. The zero-order valence-corrected chi connectivity index (χ0v) is 14.5. The average molecular weight is 339 g/mol. The highest BCUT2D eigenvalue weighted by molar-refractivity contribution is 6.03. The molecule has 2 rings (SSSR count). The fraction of sp³-hybridized carbons (Fsp3) is 0.300. The molecule has 0 spiro atoms. The van der Waals surface area contributed by atoms with Crippen LogP contribution in [-0.4, -0.2) is 18.4 Å². The standard InChI is InChI=1S/C20H25N3O2/c1-2-3-14-22-20(25)16-9-5-7-11-18(16)23-19(24)13-12-15-8-4-6-10-17(15)21/h4-11H,2-3,12-14,21H2,1H3,(H,22,25)(H,23,24). The van der Waals surface area contributed by atoms with Gasteiger partial charge in [0.2, 0.25) is 5.91 Å². The van der Waals surface area contributed by atoms with E-state index in [4.69, 9.17) is 5.73 Å². The number of hydrogen-bond acceptors (Lipinski definition) is 3. The lowest BCUT2D eigenvalue weighted by molar-refractivity contribution is -0.116. The third-order valence-corrected chi connectivity index (χ3v) is 3.94. The van der Waals surface area contributed by atoms with Gasteiger partial charge in [-0.05, 0) is 36.6 Å². The minimum atomic E-state index is -0.170. The van der Waals surface area contributed by atoms with Gasteiger partial charge >= 0.3 is 0 Å². The van der Waals surface area contributed by atoms with Crippen LogP contribution in [0.5, 0.6) is 0 Å². The van der Waals surface area contributed by atoms with E-state index in [0.717, 1.165) is 18.4 Å². The minimum Gasteiger partial charge on any atom is -0.399 e. The van der Waals surface area contributed by atoms with E-state index >= 15 is 0 Å². The predicted molar refractivity (Wildman–Crippen MR) is 101 cm³/mol. The van der Waals surface area contributed by atoms with Gasteiger partial charge in [0.15, 0.2) is 0 Å². The van der Waals surface area contributed by atoms with Crippen LogP contribution < -0.4 is 16.4 Å². The third-order valence-electron chi connectivity index (χ3n) is 3.94. The molecule has 0 saturated carbocycles. The predicted octanol–water partition coefficient (Wildman–Crippen LogP) is 3.37. The van der Waals surface area contributed by atoms with Gasteiger partial charge in [-0.1, -0.05) is 43.7 Å². The Bertz CT molecular complexity index is 728. The topological polar surface area (TPSA) is 84.2 Å². The summed E-state index contributed by atoms with van der Waals surface area (Å²) in [6.07, 6.45) is 2.81. The molecule has 2 aromatic carbocycles. The van der Waals surface area contributed by atoms with Gasteiger partial charge in [-0.15, -0.1) is 0 Å². The van der Waals surface area contributed by atoms with Gasteiger partial charge in [-0.2, -0.15) is 0 Å². The Hall–Kier alpha value is -2.82. The molecule has 0 atom stereocenters. The highest BCUT2D eigenvalue weighted by atomic mass is 16.2. The maximum Gasteiger partial charge on any atom is 0.253 e. The van der Waals surface area contributed by atoms with E-state index < -0.39 is 0 Å². The number of para-hydroxylation sites is 2. The van der Waals surface area contributed by atoms with Crippen molar-refractivity contribution in [2.45, 2.75) is 32.6 Å². The summed E-state index contributed by atoms with van der Waals surface area (Å²) in [6.45, 7) is 2.70. The summed E-state index contributed by atoms with van der Waals surface area (Å²) in [7, 11) is 0. The molecular formula is C20H25N3O2. The lowest BCUT2D eigenvalue weighted by Crippen LogP contribution is -2.26. The van der Waals surface area contributed by atoms with Gasteiger partial charge in [0.05, 0.1) is 11.3 Å². The molecule has 0 aliphatic heterocycles. The van der Waals surface area contributed by atoms with E-state index in [1.807, 2.05) is 24.3 Å². The Morgan fingerprint density at radius 2 is 1.76 bits per heavy atom. The molecule has 0 bridgehead atoms. The number of carbonyl (C=O) groups is 2. The summed E-state index contributed by atoms with van der Waals surface area (Å²) in [4.78, 5) is 24.5. The highest BCUT2D eigenvalue weighted by Gasteiger charge is 2.13. The molecule has 0 aliphatic carbocycles. The summed E-state index contributed by atoms with van der Waals surface area (Å²) in [5.74, 6) is -0.311. The molecule has 4 N–H and O–H groups in total. The second kappa shape index (κ2) is 9.47. The number of nitrogens with one attached hydrogen (secondary N) is 2. The monoisotopic (exact) mass is 339 g/mol. The molecule has 0 heterocycles. The van der Waals surface area contributed by atoms with Crippen LogP contribution in [0.3, 0.4) is 0 Å². The maximum atomic E-state index is 12.3. The van der Waals surface area contributed by atoms with Crippen LogP contribution in [0.2, 0.25) is 0 Å². The Labute approximate surface area is 148 Å². The lowest BCUT2D eigenvalue weighted by Gasteiger charge is -2.11. The van der Waals surface area contributed by atoms with Crippen LogP contribution in [0.15, 0.2) is 48.5 Å². The van der Waals surface area contributed by atoms with Crippen molar-refractivity contribution in [3.05, 3.63) is 59.7 Å². The van der Waals surface area contributed by atoms with Gasteiger partial charge in [-0.25, -0.2) is 0 Å². The van der Waals surface area contributed by atoms with E-state index in [1.54, 1.807) is 24.3 Å². The molecule has 2 amide bonds. The van der Waals surface area contributed by atoms with E-state index in [0.29, 0.717) is 36.3 Å². The van der Waals surface area contributed by atoms with Gasteiger partial charge in [-0.3, -0.25) is 9.59 Å². The Kier molecular flexibility index (Phi) is 7.01. The van der Waals surface area contributed by atoms with E-state index in [1.165, 1.54) is 0 Å². The number of amides is 2. The molecule has 0 fully saturated rings. The van der Waals surface area contributed by atoms with Crippen LogP contribution in [0.4, 0.5) is 11.4 Å². The molecule has 5 heteroatoms. The van der Waals surface area contributed by atoms with E-state index in [2.05, 4.69) is 17.6 Å². The summed E-state index contributed by atoms with van der Waals surface area (Å²) >= 11 is 0. The molecule has 132 valence electrons. The number of aryl methyl sites for hydroxylation is 1. The van der Waals surface area contributed by atoms with Crippen molar-refractivity contribution < 1.29 is 9.59 Å². The first-order valence-electron chi connectivity index (χ1n) is 8.62. The number of nitrogens with two attached hydrogens (primary N) is 1. The molecule has 0 aromatic heterocycles. The number of unbranched alkanes of at least 4 members (excludes halogenated alkanes) is 1. The SMILES string of the molecule is CCCCNC(=O)c1ccccc1NC(=O)CCc1ccccc1N. The molecule has 0 aliphatic rings. The summed E-state index contributed by atoms with van der Waals surface area (Å²) in [5, 5.41) is 5.70. The van der Waals surface area contributed by atoms with E-state index in [-0.39, 0.29) is 11.8 Å². The Morgan fingerprint density at radius 3 is 2.52 bits per heavy atom. The molecule has 0 radical (unpaired) electrons. The number of anilines is 2. The number of nitrogen functional groups attached to an aromatic ring is 1. The highest BCUT2D eigenvalue weighted by Crippen LogP contribution is 2.17. The third kappa shape index (κ3) is 5.64. The fourth-order valence-corrected chi connectivity index (χ4v) is 2.49. The van der Waals surface area contributed by atoms with Gasteiger partial charge in [0.1, 0.15) is 0 Å². The normalized spacial score (nSPS) is 10.3. The lowest BCUT2D eigenvalue weighted by atomic mass is 10.1. The molecule has 0 unspecified atom stereocenters. The van der Waals surface area contributed by atoms with Crippen molar-refractivity contribution in [1.29, 1.82) is 0 Å². The van der Waals surface area contributed by atoms with Crippen LogP contribution in [0.1, 0.15) is 42.1 Å². The van der Waals surface area contributed by atoms with Gasteiger partial charge in [0.25, 0.3) is 5.91 Å². The van der Waals surface area contributed by atoms with Crippen molar-refractivity contribution in [1.82, 2.24) is 5.32 Å². The zero-order chi connectivity index (χ0) is 18.1. The summed E-state index contributed by atoms with van der Waals surface area (Å²) in [5.41, 5.74) is 8.54. The van der Waals surface area contributed by atoms with Crippen molar-refractivity contribution in [3.8, 4) is 0 Å². The first-order chi connectivity index (χ1) is 12.1. The van der Waals surface area contributed by atoms with E-state index in [9.17, 15) is 9.59 Å². The minimum absolute atomic E-state index is 0.142. The summed E-state index contributed by atoms with van der Waals surface area (Å²) in [6, 6.07) is 14.5. The number of carbonyl (C=O) groups excluding carboxylic acids is 2. The smallest absolute Gasteiger partial charge is 0.253 e. The van der Waals surface area contributed by atoms with Crippen molar-refractivity contribution in [2.24, 2.45) is 0 Å². The number of hydrogen-bond donors (Lipinski definition) is 3. The second-order valence-electron chi connectivity index (χ2n) is 5.90. The average Bonchev–Trinajstić information content (AvgIpc) is 2.61. The van der Waals surface area contributed by atoms with Crippen molar-refractivity contribution in [2.75, 3.05) is 17.6 Å². The molecular weight excluding hydrogens is 314 g/mol. The molecule has 0 saturated heterocycles. The fourth-order valence-electron chi connectivity index (χ4n) is 2.49. The summed E-state index contributed by atoms with van der Waals surface area (Å²) < 4.78 is 0. The number of benzene rings is 2. The maximum absolute atomic E-state index is 12.3. The second-order valence-corrected chi connectivity index (χ2v) is 5.90. The van der Waals surface area contributed by atoms with Crippen molar-refractivity contribution >= 4 is 23.2 Å². The Morgan fingerprint density at radius 1 is 1.04 bits per heavy atom. The Balaban J connectivity index is 1.96. The molecule has 25 heavy (non-hydrogen) atoms. The van der Waals surface area contributed by atoms with Crippen LogP contribution in [-0.2, 0) is 11.2 Å². The van der Waals surface area contributed by atoms with Crippen LogP contribution in [0, 0.1) is 0 Å². The van der Waals surface area contributed by atoms with Crippen molar-refractivity contribution in [3.63, 3.8) is 0 Å². The first-order valence-corrected chi connectivity index (χ1v) is 8.62. The molecule has 2 aromatic rings. The van der Waals surface area contributed by atoms with Gasteiger partial charge in [0, 0.05) is 18.7 Å². The van der Waals surface area contributed by atoms with Gasteiger partial charge < -0.3 is 16.4 Å². The van der Waals surface area contributed by atoms with Crippen LogP contribution >= 0.6 is 0 Å². The zero-order valence-electron chi connectivity index (χ0n) is 14.5. The first kappa shape index (κ1) is 18.5. The quantitative estimate of drug-likeness (QED) is 0.509. The van der Waals surface area contributed by atoms with Crippen LogP contribution in [0.25, 0.3) is 0 Å². The molecule has 5 nitrogen and oxygen atoms in total. The largest absolute Gasteiger partial charge is 0.399 e.